The van der Waals surface area contributed by atoms with Crippen LogP contribution in [0, 0.1) is 5.92 Å². The van der Waals surface area contributed by atoms with Crippen LogP contribution < -0.4 is 5.43 Å². The van der Waals surface area contributed by atoms with E-state index in [4.69, 9.17) is 0 Å². The van der Waals surface area contributed by atoms with Crippen LogP contribution >= 0.6 is 0 Å². The van der Waals surface area contributed by atoms with Crippen molar-refractivity contribution >= 4 is 11.4 Å². The first kappa shape index (κ1) is 7.17. The molecule has 0 aromatic heterocycles. The predicted molar refractivity (Wildman–Crippen MR) is 48.9 cm³/mol. The summed E-state index contributed by atoms with van der Waals surface area (Å²) in [4.78, 5) is 0. The van der Waals surface area contributed by atoms with Crippen LogP contribution in [0.4, 0.5) is 0 Å². The van der Waals surface area contributed by atoms with Crippen molar-refractivity contribution in [3.8, 4) is 0 Å². The summed E-state index contributed by atoms with van der Waals surface area (Å²) in [5, 5.41) is 15.8. The van der Waals surface area contributed by atoms with Crippen LogP contribution in [0.25, 0.3) is 0 Å². The van der Waals surface area contributed by atoms with Gasteiger partial charge in [0.25, 0.3) is 0 Å². The highest BCUT2D eigenvalue weighted by atomic mass is 15.4. The zero-order valence-corrected chi connectivity index (χ0v) is 7.27. The van der Waals surface area contributed by atoms with Crippen LogP contribution in [0.5, 0.6) is 0 Å². The minimum atomic E-state index is 0.554. The van der Waals surface area contributed by atoms with Crippen molar-refractivity contribution in [2.45, 2.75) is 25.3 Å². The molecule has 1 N–H and O–H groups in total. The van der Waals surface area contributed by atoms with Crippen molar-refractivity contribution < 1.29 is 0 Å². The van der Waals surface area contributed by atoms with Gasteiger partial charge >= 0.3 is 0 Å². The SMILES string of the molecule is C1CC2NN=C(C3=NN=NC3)C2C1. The Morgan fingerprint density at radius 3 is 3.15 bits per heavy atom. The van der Waals surface area contributed by atoms with E-state index in [1.54, 1.807) is 0 Å². The van der Waals surface area contributed by atoms with E-state index in [0.29, 0.717) is 18.5 Å². The number of hydrogen-bond donors (Lipinski definition) is 1. The van der Waals surface area contributed by atoms with Crippen molar-refractivity contribution in [1.82, 2.24) is 5.43 Å². The smallest absolute Gasteiger partial charge is 0.112 e. The van der Waals surface area contributed by atoms with Crippen molar-refractivity contribution in [2.75, 3.05) is 6.54 Å². The number of nitrogens with zero attached hydrogens (tertiary/aromatic N) is 4. The second-order valence-corrected chi connectivity index (χ2v) is 3.71. The Kier molecular flexibility index (Phi) is 1.44. The van der Waals surface area contributed by atoms with Crippen molar-refractivity contribution in [2.24, 2.45) is 26.5 Å². The standard InChI is InChI=1S/C8H11N5/c1-2-5-6(3-1)10-12-8(5)7-4-9-13-11-7/h5-6,10H,1-4H2. The molecule has 0 aromatic rings. The number of hydrazone groups is 1. The van der Waals surface area contributed by atoms with E-state index >= 15 is 0 Å². The zero-order chi connectivity index (χ0) is 8.67. The van der Waals surface area contributed by atoms with Crippen molar-refractivity contribution in [1.29, 1.82) is 0 Å². The molecule has 1 aliphatic carbocycles. The largest absolute Gasteiger partial charge is 0.306 e. The van der Waals surface area contributed by atoms with Gasteiger partial charge in [-0.15, -0.1) is 5.10 Å². The summed E-state index contributed by atoms with van der Waals surface area (Å²) in [6, 6.07) is 0.554. The fourth-order valence-electron chi connectivity index (χ4n) is 2.30. The molecule has 13 heavy (non-hydrogen) atoms. The van der Waals surface area contributed by atoms with Gasteiger partial charge in [-0.25, -0.2) is 0 Å². The second kappa shape index (κ2) is 2.61. The minimum absolute atomic E-state index is 0.554. The molecule has 1 saturated carbocycles. The maximum Gasteiger partial charge on any atom is 0.112 e. The van der Waals surface area contributed by atoms with Crippen LogP contribution in [0.3, 0.4) is 0 Å². The fraction of sp³-hybridized carbons (Fsp3) is 0.750. The summed E-state index contributed by atoms with van der Waals surface area (Å²) in [6.45, 7) is 0.615. The molecule has 2 aliphatic heterocycles. The highest BCUT2D eigenvalue weighted by Gasteiger charge is 2.38. The predicted octanol–water partition coefficient (Wildman–Crippen LogP) is 0.936. The average Bonchev–Trinajstić information content (AvgIpc) is 2.79. The molecule has 5 heteroatoms. The first-order valence-electron chi connectivity index (χ1n) is 4.72. The molecule has 2 unspecified atom stereocenters. The fourth-order valence-corrected chi connectivity index (χ4v) is 2.30. The molecule has 1 fully saturated rings. The number of hydrogen-bond acceptors (Lipinski definition) is 5. The second-order valence-electron chi connectivity index (χ2n) is 3.71. The first-order chi connectivity index (χ1) is 6.45. The van der Waals surface area contributed by atoms with Crippen LogP contribution in [0.15, 0.2) is 20.5 Å². The van der Waals surface area contributed by atoms with E-state index in [-0.39, 0.29) is 0 Å². The topological polar surface area (TPSA) is 61.5 Å². The molecule has 68 valence electrons. The van der Waals surface area contributed by atoms with Crippen LogP contribution in [0.1, 0.15) is 19.3 Å². The lowest BCUT2D eigenvalue weighted by molar-refractivity contribution is 0.538. The van der Waals surface area contributed by atoms with Gasteiger partial charge in [0.2, 0.25) is 0 Å². The summed E-state index contributed by atoms with van der Waals surface area (Å²) >= 11 is 0. The molecule has 0 bridgehead atoms. The summed E-state index contributed by atoms with van der Waals surface area (Å²) in [5.74, 6) is 0.572. The lowest BCUT2D eigenvalue weighted by Crippen LogP contribution is -2.27. The zero-order valence-electron chi connectivity index (χ0n) is 7.27. The molecular weight excluding hydrogens is 166 g/mol. The van der Waals surface area contributed by atoms with Gasteiger partial charge in [-0.3, -0.25) is 0 Å². The quantitative estimate of drug-likeness (QED) is 0.636. The maximum atomic E-state index is 4.32. The molecule has 3 aliphatic rings. The van der Waals surface area contributed by atoms with Crippen LogP contribution in [-0.4, -0.2) is 24.0 Å². The monoisotopic (exact) mass is 177 g/mol. The third-order valence-electron chi connectivity index (χ3n) is 2.96. The van der Waals surface area contributed by atoms with Crippen LogP contribution in [-0.2, 0) is 0 Å². The lowest BCUT2D eigenvalue weighted by Gasteiger charge is -2.08. The third kappa shape index (κ3) is 0.993. The highest BCUT2D eigenvalue weighted by Crippen LogP contribution is 2.31. The van der Waals surface area contributed by atoms with Crippen LogP contribution in [0.2, 0.25) is 0 Å². The van der Waals surface area contributed by atoms with Gasteiger partial charge in [0, 0.05) is 5.92 Å². The molecule has 5 nitrogen and oxygen atoms in total. The number of nitrogens with one attached hydrogen (secondary N) is 1. The minimum Gasteiger partial charge on any atom is -0.306 e. The van der Waals surface area contributed by atoms with Crippen molar-refractivity contribution in [3.63, 3.8) is 0 Å². The summed E-state index contributed by atoms with van der Waals surface area (Å²) in [6.07, 6.45) is 3.76. The number of fused-ring (bicyclic) bond motifs is 1. The Balaban J connectivity index is 1.85. The van der Waals surface area contributed by atoms with Gasteiger partial charge in [0.05, 0.1) is 11.8 Å². The van der Waals surface area contributed by atoms with Gasteiger partial charge in [-0.1, -0.05) is 6.42 Å². The van der Waals surface area contributed by atoms with E-state index in [2.05, 4.69) is 26.0 Å². The molecule has 2 atom stereocenters. The van der Waals surface area contributed by atoms with Gasteiger partial charge in [-0.2, -0.15) is 10.2 Å². The van der Waals surface area contributed by atoms with E-state index in [0.717, 1.165) is 11.4 Å². The highest BCUT2D eigenvalue weighted by molar-refractivity contribution is 6.44. The summed E-state index contributed by atoms with van der Waals surface area (Å²) in [5.41, 5.74) is 5.23. The molecule has 2 heterocycles. The van der Waals surface area contributed by atoms with E-state index in [1.165, 1.54) is 19.3 Å². The molecule has 0 amide bonds. The van der Waals surface area contributed by atoms with Gasteiger partial charge in [0.1, 0.15) is 12.3 Å². The maximum absolute atomic E-state index is 4.32. The van der Waals surface area contributed by atoms with E-state index < -0.39 is 0 Å². The van der Waals surface area contributed by atoms with Gasteiger partial charge in [0.15, 0.2) is 0 Å². The Labute approximate surface area is 76.0 Å². The van der Waals surface area contributed by atoms with Gasteiger partial charge < -0.3 is 5.43 Å². The van der Waals surface area contributed by atoms with E-state index in [1.807, 2.05) is 0 Å². The average molecular weight is 177 g/mol. The number of rotatable bonds is 1. The first-order valence-corrected chi connectivity index (χ1v) is 4.72. The Hall–Kier alpha value is -1.26. The Bertz CT molecular complexity index is 316. The molecule has 0 aromatic carbocycles. The molecular formula is C8H11N5. The normalized spacial score (nSPS) is 35.7. The molecule has 0 saturated heterocycles. The van der Waals surface area contributed by atoms with Crippen molar-refractivity contribution in [3.05, 3.63) is 0 Å². The molecule has 3 rings (SSSR count). The summed E-state index contributed by atoms with van der Waals surface area (Å²) in [7, 11) is 0. The summed E-state index contributed by atoms with van der Waals surface area (Å²) < 4.78 is 0. The Morgan fingerprint density at radius 2 is 2.31 bits per heavy atom. The van der Waals surface area contributed by atoms with E-state index in [9.17, 15) is 0 Å². The molecule has 0 spiro atoms. The third-order valence-corrected chi connectivity index (χ3v) is 2.96. The Morgan fingerprint density at radius 1 is 1.31 bits per heavy atom. The van der Waals surface area contributed by atoms with Gasteiger partial charge in [-0.05, 0) is 18.1 Å². The molecule has 0 radical (unpaired) electrons. The lowest BCUT2D eigenvalue weighted by atomic mass is 9.96.